The molecule has 2 aromatic heterocycles. The second-order valence-corrected chi connectivity index (χ2v) is 9.04. The van der Waals surface area contributed by atoms with Gasteiger partial charge in [-0.3, -0.25) is 0 Å². The molecule has 0 N–H and O–H groups in total. The summed E-state index contributed by atoms with van der Waals surface area (Å²) < 4.78 is 3.69. The van der Waals surface area contributed by atoms with Gasteiger partial charge in [0.05, 0.1) is 22.8 Å². The maximum Gasteiger partial charge on any atom is 0.141 e. The maximum absolute atomic E-state index is 5.02. The number of hydrogen-bond donors (Lipinski definition) is 0. The zero-order valence-corrected chi connectivity index (χ0v) is 18.7. The normalized spacial score (nSPS) is 15.6. The quantitative estimate of drug-likeness (QED) is 0.289. The van der Waals surface area contributed by atoms with E-state index in [1.807, 2.05) is 0 Å². The number of imidazole rings is 1. The third-order valence-electron chi connectivity index (χ3n) is 6.22. The van der Waals surface area contributed by atoms with Crippen LogP contribution >= 0.6 is 11.3 Å². The Kier molecular flexibility index (Phi) is 4.66. The molecule has 0 bridgehead atoms. The van der Waals surface area contributed by atoms with E-state index in [1.54, 1.807) is 11.3 Å². The number of para-hydroxylation sites is 2. The van der Waals surface area contributed by atoms with E-state index in [-0.39, 0.29) is 6.04 Å². The molecule has 0 amide bonds. The van der Waals surface area contributed by atoms with Crippen molar-refractivity contribution in [2.24, 2.45) is 0 Å². The third kappa shape index (κ3) is 3.15. The average molecular weight is 434 g/mol. The van der Waals surface area contributed by atoms with Crippen molar-refractivity contribution in [2.75, 3.05) is 11.9 Å². The number of aromatic nitrogens is 2. The first-order valence-corrected chi connectivity index (χ1v) is 11.8. The predicted octanol–water partition coefficient (Wildman–Crippen LogP) is 7.74. The summed E-state index contributed by atoms with van der Waals surface area (Å²) in [5.41, 5.74) is 5.76. The summed E-state index contributed by atoms with van der Waals surface area (Å²) in [6.45, 7) is 0. The molecule has 0 aliphatic heterocycles. The van der Waals surface area contributed by atoms with Crippen LogP contribution in [0.5, 0.6) is 0 Å². The number of nitrogens with zero attached hydrogens (tertiary/aromatic N) is 3. The summed E-state index contributed by atoms with van der Waals surface area (Å²) >= 11 is 1.79. The van der Waals surface area contributed by atoms with Crippen molar-refractivity contribution >= 4 is 43.8 Å². The first kappa shape index (κ1) is 19.1. The Labute approximate surface area is 191 Å². The van der Waals surface area contributed by atoms with E-state index in [9.17, 15) is 0 Å². The van der Waals surface area contributed by atoms with Crippen LogP contribution in [0.2, 0.25) is 0 Å². The highest BCUT2D eigenvalue weighted by Crippen LogP contribution is 2.37. The van der Waals surface area contributed by atoms with Crippen LogP contribution in [0.4, 0.5) is 11.4 Å². The molecular formula is C28H23N3S. The van der Waals surface area contributed by atoms with Crippen molar-refractivity contribution in [1.82, 2.24) is 9.55 Å². The number of thiophene rings is 1. The zero-order chi connectivity index (χ0) is 21.5. The van der Waals surface area contributed by atoms with E-state index in [4.69, 9.17) is 4.98 Å². The number of fused-ring (bicyclic) bond motifs is 2. The van der Waals surface area contributed by atoms with Crippen LogP contribution in [-0.2, 0) is 0 Å². The molecule has 6 rings (SSSR count). The van der Waals surface area contributed by atoms with E-state index in [2.05, 4.69) is 119 Å². The Morgan fingerprint density at radius 3 is 2.59 bits per heavy atom. The summed E-state index contributed by atoms with van der Waals surface area (Å²) in [5.74, 6) is 1.02. The van der Waals surface area contributed by atoms with Crippen LogP contribution in [0.1, 0.15) is 12.5 Å². The van der Waals surface area contributed by atoms with Gasteiger partial charge in [0.25, 0.3) is 0 Å². The SMILES string of the molecule is CN(c1ccc(-c2nc3ccccc3n2C2C=CC=CC2)cc1)c1csc2ccccc12. The van der Waals surface area contributed by atoms with Gasteiger partial charge in [0.15, 0.2) is 0 Å². The Balaban J connectivity index is 1.40. The molecule has 0 radical (unpaired) electrons. The van der Waals surface area contributed by atoms with E-state index in [1.165, 1.54) is 27.0 Å². The molecule has 5 aromatic rings. The predicted molar refractivity (Wildman–Crippen MR) is 137 cm³/mol. The Morgan fingerprint density at radius 2 is 1.75 bits per heavy atom. The van der Waals surface area contributed by atoms with Crippen molar-refractivity contribution in [3.8, 4) is 11.4 Å². The average Bonchev–Trinajstić information content (AvgIpc) is 3.46. The van der Waals surface area contributed by atoms with Crippen molar-refractivity contribution in [1.29, 1.82) is 0 Å². The second kappa shape index (κ2) is 7.81. The molecule has 1 aliphatic rings. The molecule has 4 heteroatoms. The summed E-state index contributed by atoms with van der Waals surface area (Å²) in [6, 6.07) is 26.1. The molecule has 0 fully saturated rings. The van der Waals surface area contributed by atoms with Gasteiger partial charge in [0.1, 0.15) is 5.82 Å². The molecule has 0 saturated carbocycles. The van der Waals surface area contributed by atoms with E-state index < -0.39 is 0 Å². The van der Waals surface area contributed by atoms with Gasteiger partial charge < -0.3 is 9.47 Å². The summed E-state index contributed by atoms with van der Waals surface area (Å²) in [5, 5.41) is 3.53. The molecular weight excluding hydrogens is 410 g/mol. The molecule has 3 aromatic carbocycles. The standard InChI is InChI=1S/C28H23N3S/c1-30(26-19-32-27-14-8-5-11-23(26)27)21-17-15-20(16-18-21)28-29-24-12-6-7-13-25(24)31(28)22-9-3-2-4-10-22/h2-9,11-19,22H,10H2,1H3. The number of anilines is 2. The number of rotatable bonds is 4. The van der Waals surface area contributed by atoms with Gasteiger partial charge in [-0.1, -0.05) is 54.6 Å². The maximum atomic E-state index is 5.02. The minimum absolute atomic E-state index is 0.280. The van der Waals surface area contributed by atoms with Crippen LogP contribution in [0, 0.1) is 0 Å². The number of allylic oxidation sites excluding steroid dienone is 4. The second-order valence-electron chi connectivity index (χ2n) is 8.13. The lowest BCUT2D eigenvalue weighted by Crippen LogP contribution is -2.10. The third-order valence-corrected chi connectivity index (χ3v) is 7.17. The first-order valence-electron chi connectivity index (χ1n) is 10.9. The minimum atomic E-state index is 0.280. The Bertz CT molecular complexity index is 1470. The summed E-state index contributed by atoms with van der Waals surface area (Å²) in [4.78, 5) is 7.28. The van der Waals surface area contributed by atoms with Crippen molar-refractivity contribution in [3.63, 3.8) is 0 Å². The lowest BCUT2D eigenvalue weighted by atomic mass is 10.1. The lowest BCUT2D eigenvalue weighted by molar-refractivity contribution is 0.631. The van der Waals surface area contributed by atoms with E-state index in [0.717, 1.165) is 23.3 Å². The number of benzene rings is 3. The highest BCUT2D eigenvalue weighted by Gasteiger charge is 2.19. The van der Waals surface area contributed by atoms with Gasteiger partial charge in [-0.15, -0.1) is 11.3 Å². The molecule has 2 heterocycles. The van der Waals surface area contributed by atoms with Crippen LogP contribution in [0.3, 0.4) is 0 Å². The highest BCUT2D eigenvalue weighted by atomic mass is 32.1. The van der Waals surface area contributed by atoms with Crippen molar-refractivity contribution in [2.45, 2.75) is 12.5 Å². The topological polar surface area (TPSA) is 21.1 Å². The van der Waals surface area contributed by atoms with Crippen LogP contribution in [0.15, 0.2) is 102 Å². The molecule has 32 heavy (non-hydrogen) atoms. The van der Waals surface area contributed by atoms with E-state index in [0.29, 0.717) is 0 Å². The van der Waals surface area contributed by atoms with Gasteiger partial charge in [-0.25, -0.2) is 4.98 Å². The molecule has 1 unspecified atom stereocenters. The largest absolute Gasteiger partial charge is 0.343 e. The fourth-order valence-electron chi connectivity index (χ4n) is 4.54. The molecule has 156 valence electrons. The van der Waals surface area contributed by atoms with Gasteiger partial charge in [0, 0.05) is 33.8 Å². The monoisotopic (exact) mass is 433 g/mol. The molecule has 1 aliphatic carbocycles. The molecule has 3 nitrogen and oxygen atoms in total. The van der Waals surface area contributed by atoms with Crippen LogP contribution in [0.25, 0.3) is 32.5 Å². The smallest absolute Gasteiger partial charge is 0.141 e. The minimum Gasteiger partial charge on any atom is -0.343 e. The van der Waals surface area contributed by atoms with Crippen molar-refractivity contribution < 1.29 is 0 Å². The van der Waals surface area contributed by atoms with Gasteiger partial charge in [-0.2, -0.15) is 0 Å². The van der Waals surface area contributed by atoms with Gasteiger partial charge in [0.2, 0.25) is 0 Å². The van der Waals surface area contributed by atoms with Gasteiger partial charge in [-0.05, 0) is 48.9 Å². The molecule has 0 saturated heterocycles. The first-order chi connectivity index (χ1) is 15.8. The zero-order valence-electron chi connectivity index (χ0n) is 17.8. The molecule has 0 spiro atoms. The van der Waals surface area contributed by atoms with E-state index >= 15 is 0 Å². The Morgan fingerprint density at radius 1 is 0.938 bits per heavy atom. The fraction of sp³-hybridized carbons (Fsp3) is 0.107. The summed E-state index contributed by atoms with van der Waals surface area (Å²) in [6.07, 6.45) is 9.73. The highest BCUT2D eigenvalue weighted by molar-refractivity contribution is 7.17. The Hall–Kier alpha value is -3.63. The molecule has 1 atom stereocenters. The lowest BCUT2D eigenvalue weighted by Gasteiger charge is -2.21. The fourth-order valence-corrected chi connectivity index (χ4v) is 5.52. The van der Waals surface area contributed by atoms with Crippen LogP contribution < -0.4 is 4.90 Å². The summed E-state index contributed by atoms with van der Waals surface area (Å²) in [7, 11) is 2.14. The van der Waals surface area contributed by atoms with Crippen molar-refractivity contribution in [3.05, 3.63) is 102 Å². The number of hydrogen-bond acceptors (Lipinski definition) is 3. The van der Waals surface area contributed by atoms with Crippen LogP contribution in [-0.4, -0.2) is 16.6 Å². The van der Waals surface area contributed by atoms with Gasteiger partial charge >= 0.3 is 0 Å².